The number of furan rings is 1. The third-order valence-corrected chi connectivity index (χ3v) is 5.40. The topological polar surface area (TPSA) is 53.8 Å². The maximum Gasteiger partial charge on any atom is 0.254 e. The van der Waals surface area contributed by atoms with Crippen molar-refractivity contribution in [2.75, 3.05) is 18.5 Å². The number of carbonyl (C=O) groups is 2. The molecule has 2 amide bonds. The first-order valence-corrected chi connectivity index (χ1v) is 9.27. The Labute approximate surface area is 153 Å². The highest BCUT2D eigenvalue weighted by Gasteiger charge is 2.36. The number of anilines is 1. The average molecular weight is 352 g/mol. The molecular weight excluding hydrogens is 328 g/mol. The molecule has 1 aromatic heterocycles. The summed E-state index contributed by atoms with van der Waals surface area (Å²) in [6.45, 7) is 3.43. The SMILES string of the molecule is C[C@@H]1C[C@H]1c1ccc(CN(C)C(=O)c2ccc(N3CCCC3=O)cc2)o1. The van der Waals surface area contributed by atoms with E-state index >= 15 is 0 Å². The summed E-state index contributed by atoms with van der Waals surface area (Å²) in [5.41, 5.74) is 1.48. The van der Waals surface area contributed by atoms with E-state index in [1.54, 1.807) is 29.0 Å². The molecule has 0 unspecified atom stereocenters. The molecule has 1 aromatic carbocycles. The van der Waals surface area contributed by atoms with Gasteiger partial charge in [-0.1, -0.05) is 6.92 Å². The number of amides is 2. The van der Waals surface area contributed by atoms with Crippen molar-refractivity contribution in [1.29, 1.82) is 0 Å². The van der Waals surface area contributed by atoms with Gasteiger partial charge in [0.05, 0.1) is 6.54 Å². The molecule has 0 N–H and O–H groups in total. The number of carbonyl (C=O) groups excluding carboxylic acids is 2. The third-order valence-electron chi connectivity index (χ3n) is 5.40. The normalized spacial score (nSPS) is 21.9. The molecule has 0 spiro atoms. The first kappa shape index (κ1) is 16.9. The zero-order chi connectivity index (χ0) is 18.3. The van der Waals surface area contributed by atoms with Gasteiger partial charge < -0.3 is 14.2 Å². The predicted molar refractivity (Wildman–Crippen MR) is 99.1 cm³/mol. The van der Waals surface area contributed by atoms with Crippen molar-refractivity contribution in [1.82, 2.24) is 4.90 Å². The minimum Gasteiger partial charge on any atom is -0.464 e. The number of benzene rings is 1. The van der Waals surface area contributed by atoms with Gasteiger partial charge in [-0.2, -0.15) is 0 Å². The molecule has 0 bridgehead atoms. The molecule has 2 aromatic rings. The van der Waals surface area contributed by atoms with E-state index in [0.29, 0.717) is 30.4 Å². The molecule has 4 rings (SSSR count). The van der Waals surface area contributed by atoms with E-state index in [0.717, 1.165) is 30.2 Å². The minimum absolute atomic E-state index is 0.0537. The molecule has 2 fully saturated rings. The maximum atomic E-state index is 12.7. The fraction of sp³-hybridized carbons (Fsp3) is 0.429. The number of hydrogen-bond donors (Lipinski definition) is 0. The largest absolute Gasteiger partial charge is 0.464 e. The summed E-state index contributed by atoms with van der Waals surface area (Å²) in [7, 11) is 1.78. The van der Waals surface area contributed by atoms with Crippen molar-refractivity contribution in [2.24, 2.45) is 5.92 Å². The van der Waals surface area contributed by atoms with E-state index in [2.05, 4.69) is 6.92 Å². The summed E-state index contributed by atoms with van der Waals surface area (Å²) in [5.74, 6) is 3.20. The van der Waals surface area contributed by atoms with Crippen LogP contribution in [0.3, 0.4) is 0 Å². The van der Waals surface area contributed by atoms with Crippen molar-refractivity contribution in [3.63, 3.8) is 0 Å². The molecule has 1 saturated heterocycles. The Balaban J connectivity index is 1.40. The molecule has 136 valence electrons. The Morgan fingerprint density at radius 1 is 1.23 bits per heavy atom. The number of nitrogens with zero attached hydrogens (tertiary/aromatic N) is 2. The quantitative estimate of drug-likeness (QED) is 0.822. The number of hydrogen-bond acceptors (Lipinski definition) is 3. The summed E-state index contributed by atoms with van der Waals surface area (Å²) in [6, 6.07) is 11.3. The average Bonchev–Trinajstić information content (AvgIpc) is 3.01. The van der Waals surface area contributed by atoms with Gasteiger partial charge in [0.1, 0.15) is 11.5 Å². The third kappa shape index (κ3) is 3.26. The summed E-state index contributed by atoms with van der Waals surface area (Å²) in [6.07, 6.45) is 2.69. The van der Waals surface area contributed by atoms with Gasteiger partial charge in [-0.05, 0) is 55.2 Å². The molecule has 2 atom stereocenters. The van der Waals surface area contributed by atoms with Crippen LogP contribution in [-0.2, 0) is 11.3 Å². The minimum atomic E-state index is -0.0537. The van der Waals surface area contributed by atoms with E-state index < -0.39 is 0 Å². The van der Waals surface area contributed by atoms with Gasteiger partial charge >= 0.3 is 0 Å². The van der Waals surface area contributed by atoms with Crippen LogP contribution in [0.1, 0.15) is 54.0 Å². The fourth-order valence-electron chi connectivity index (χ4n) is 3.63. The van der Waals surface area contributed by atoms with Crippen molar-refractivity contribution < 1.29 is 14.0 Å². The van der Waals surface area contributed by atoms with Crippen LogP contribution in [0.25, 0.3) is 0 Å². The molecule has 5 nitrogen and oxygen atoms in total. The molecular formula is C21H24N2O3. The van der Waals surface area contributed by atoms with Crippen LogP contribution in [0, 0.1) is 5.92 Å². The van der Waals surface area contributed by atoms with Gasteiger partial charge in [0, 0.05) is 37.2 Å². The summed E-state index contributed by atoms with van der Waals surface area (Å²) < 4.78 is 5.90. The predicted octanol–water partition coefficient (Wildman–Crippen LogP) is 3.80. The second-order valence-electron chi connectivity index (χ2n) is 7.48. The lowest BCUT2D eigenvalue weighted by Gasteiger charge is -2.18. The first-order valence-electron chi connectivity index (χ1n) is 9.27. The van der Waals surface area contributed by atoms with Crippen molar-refractivity contribution in [2.45, 2.75) is 38.6 Å². The fourth-order valence-corrected chi connectivity index (χ4v) is 3.63. The van der Waals surface area contributed by atoms with Crippen LogP contribution >= 0.6 is 0 Å². The molecule has 0 radical (unpaired) electrons. The molecule has 2 heterocycles. The van der Waals surface area contributed by atoms with Crippen molar-refractivity contribution >= 4 is 17.5 Å². The Morgan fingerprint density at radius 2 is 1.96 bits per heavy atom. The standard InChI is InChI=1S/C21H24N2O3/c1-14-12-18(14)19-10-9-17(26-19)13-22(2)21(25)15-5-7-16(8-6-15)23-11-3-4-20(23)24/h5-10,14,18H,3-4,11-13H2,1-2H3/t14-,18-/m1/s1. The second kappa shape index (κ2) is 6.63. The summed E-state index contributed by atoms with van der Waals surface area (Å²) >= 11 is 0. The van der Waals surface area contributed by atoms with Crippen LogP contribution in [0.4, 0.5) is 5.69 Å². The van der Waals surface area contributed by atoms with Crippen LogP contribution < -0.4 is 4.90 Å². The molecule has 1 aliphatic heterocycles. The Bertz CT molecular complexity index is 824. The van der Waals surface area contributed by atoms with Gasteiger partial charge in [-0.15, -0.1) is 0 Å². The lowest BCUT2D eigenvalue weighted by Crippen LogP contribution is -2.26. The summed E-state index contributed by atoms with van der Waals surface area (Å²) in [5, 5.41) is 0. The lowest BCUT2D eigenvalue weighted by molar-refractivity contribution is -0.117. The molecule has 2 aliphatic rings. The van der Waals surface area contributed by atoms with Gasteiger partial charge in [-0.3, -0.25) is 9.59 Å². The van der Waals surface area contributed by atoms with Gasteiger partial charge in [0.15, 0.2) is 0 Å². The van der Waals surface area contributed by atoms with Crippen molar-refractivity contribution in [3.8, 4) is 0 Å². The van der Waals surface area contributed by atoms with Crippen LogP contribution in [0.5, 0.6) is 0 Å². The zero-order valence-corrected chi connectivity index (χ0v) is 15.3. The summed E-state index contributed by atoms with van der Waals surface area (Å²) in [4.78, 5) is 27.9. The molecule has 1 aliphatic carbocycles. The maximum absolute atomic E-state index is 12.7. The monoisotopic (exact) mass is 352 g/mol. The van der Waals surface area contributed by atoms with E-state index in [1.807, 2.05) is 24.3 Å². The van der Waals surface area contributed by atoms with Gasteiger partial charge in [-0.25, -0.2) is 0 Å². The van der Waals surface area contributed by atoms with Crippen LogP contribution in [0.2, 0.25) is 0 Å². The Morgan fingerprint density at radius 3 is 2.58 bits per heavy atom. The van der Waals surface area contributed by atoms with Gasteiger partial charge in [0.2, 0.25) is 5.91 Å². The van der Waals surface area contributed by atoms with E-state index in [-0.39, 0.29) is 11.8 Å². The highest BCUT2D eigenvalue weighted by molar-refractivity contribution is 5.97. The lowest BCUT2D eigenvalue weighted by atomic mass is 10.1. The zero-order valence-electron chi connectivity index (χ0n) is 15.3. The van der Waals surface area contributed by atoms with E-state index in [1.165, 1.54) is 6.42 Å². The highest BCUT2D eigenvalue weighted by Crippen LogP contribution is 2.47. The smallest absolute Gasteiger partial charge is 0.254 e. The van der Waals surface area contributed by atoms with Crippen LogP contribution in [-0.4, -0.2) is 30.3 Å². The van der Waals surface area contributed by atoms with Crippen molar-refractivity contribution in [3.05, 3.63) is 53.5 Å². The highest BCUT2D eigenvalue weighted by atomic mass is 16.3. The van der Waals surface area contributed by atoms with Crippen LogP contribution in [0.15, 0.2) is 40.8 Å². The molecule has 5 heteroatoms. The first-order chi connectivity index (χ1) is 12.5. The molecule has 1 saturated carbocycles. The number of rotatable bonds is 5. The second-order valence-corrected chi connectivity index (χ2v) is 7.48. The Kier molecular flexibility index (Phi) is 4.31. The van der Waals surface area contributed by atoms with E-state index in [9.17, 15) is 9.59 Å². The Hall–Kier alpha value is -2.56. The molecule has 26 heavy (non-hydrogen) atoms. The van der Waals surface area contributed by atoms with E-state index in [4.69, 9.17) is 4.42 Å². The van der Waals surface area contributed by atoms with Gasteiger partial charge in [0.25, 0.3) is 5.91 Å².